The van der Waals surface area contributed by atoms with Crippen molar-refractivity contribution >= 4 is 5.91 Å². The maximum atomic E-state index is 12.6. The van der Waals surface area contributed by atoms with Crippen LogP contribution in [0.5, 0.6) is 0 Å². The summed E-state index contributed by atoms with van der Waals surface area (Å²) >= 11 is 0. The number of carbonyl (C=O) groups excluding carboxylic acids is 1. The monoisotopic (exact) mass is 156 g/mol. The van der Waals surface area contributed by atoms with Gasteiger partial charge in [-0.1, -0.05) is 5.11 Å². The fourth-order valence-electron chi connectivity index (χ4n) is 0.745. The molecule has 0 bridgehead atoms. The molecule has 11 heavy (non-hydrogen) atoms. The highest BCUT2D eigenvalue weighted by molar-refractivity contribution is 5.94. The van der Waals surface area contributed by atoms with Gasteiger partial charge in [-0.2, -0.15) is 0 Å². The maximum Gasteiger partial charge on any atom is 0.280 e. The molecule has 6 heteroatoms. The highest BCUT2D eigenvalue weighted by Crippen LogP contribution is 2.11. The SMILES string of the molecule is [N-]=[N+]=NCC1=C(F)C(=O)NC1. The molecule has 0 fully saturated rings. The van der Waals surface area contributed by atoms with Crippen LogP contribution in [0.3, 0.4) is 0 Å². The number of halogens is 1. The number of azide groups is 1. The molecule has 0 aromatic carbocycles. The zero-order chi connectivity index (χ0) is 8.27. The molecule has 1 heterocycles. The zero-order valence-corrected chi connectivity index (χ0v) is 5.54. The van der Waals surface area contributed by atoms with E-state index in [1.54, 1.807) is 0 Å². The molecule has 0 aliphatic carbocycles. The molecule has 1 amide bonds. The molecule has 1 aliphatic rings. The molecule has 0 aromatic rings. The van der Waals surface area contributed by atoms with E-state index in [0.717, 1.165) is 0 Å². The number of hydrogen-bond donors (Lipinski definition) is 1. The normalized spacial score (nSPS) is 16.3. The summed E-state index contributed by atoms with van der Waals surface area (Å²) in [5.41, 5.74) is 8.10. The number of nitrogens with one attached hydrogen (secondary N) is 1. The molecule has 0 unspecified atom stereocenters. The van der Waals surface area contributed by atoms with E-state index in [0.29, 0.717) is 0 Å². The van der Waals surface area contributed by atoms with Crippen LogP contribution >= 0.6 is 0 Å². The lowest BCUT2D eigenvalue weighted by atomic mass is 10.3. The van der Waals surface area contributed by atoms with E-state index < -0.39 is 11.7 Å². The second kappa shape index (κ2) is 3.03. The predicted molar refractivity (Wildman–Crippen MR) is 35.2 cm³/mol. The van der Waals surface area contributed by atoms with Gasteiger partial charge in [0.15, 0.2) is 5.83 Å². The summed E-state index contributed by atoms with van der Waals surface area (Å²) in [5, 5.41) is 5.39. The summed E-state index contributed by atoms with van der Waals surface area (Å²) in [7, 11) is 0. The maximum absolute atomic E-state index is 12.6. The summed E-state index contributed by atoms with van der Waals surface area (Å²) in [5.74, 6) is -1.55. The molecule has 0 saturated heterocycles. The molecular formula is C5H5FN4O. The molecule has 1 N–H and O–H groups in total. The molecule has 58 valence electrons. The summed E-state index contributed by atoms with van der Waals surface area (Å²) in [4.78, 5) is 12.9. The van der Waals surface area contributed by atoms with Crippen molar-refractivity contribution in [2.45, 2.75) is 0 Å². The van der Waals surface area contributed by atoms with Gasteiger partial charge in [-0.05, 0) is 11.1 Å². The fraction of sp³-hybridized carbons (Fsp3) is 0.400. The van der Waals surface area contributed by atoms with Gasteiger partial charge < -0.3 is 5.32 Å². The van der Waals surface area contributed by atoms with Gasteiger partial charge in [-0.3, -0.25) is 4.79 Å². The minimum absolute atomic E-state index is 0.0823. The second-order valence-corrected chi connectivity index (χ2v) is 1.99. The van der Waals surface area contributed by atoms with E-state index in [1.807, 2.05) is 0 Å². The van der Waals surface area contributed by atoms with Crippen LogP contribution in [0.2, 0.25) is 0 Å². The van der Waals surface area contributed by atoms with E-state index in [9.17, 15) is 9.18 Å². The first kappa shape index (κ1) is 7.56. The first-order chi connectivity index (χ1) is 5.25. The number of rotatable bonds is 2. The van der Waals surface area contributed by atoms with Gasteiger partial charge in [-0.25, -0.2) is 4.39 Å². The molecule has 0 aromatic heterocycles. The quantitative estimate of drug-likeness (QED) is 0.355. The largest absolute Gasteiger partial charge is 0.346 e. The second-order valence-electron chi connectivity index (χ2n) is 1.99. The lowest BCUT2D eigenvalue weighted by Gasteiger charge is -1.89. The van der Waals surface area contributed by atoms with Gasteiger partial charge in [0.1, 0.15) is 0 Å². The van der Waals surface area contributed by atoms with E-state index >= 15 is 0 Å². The minimum Gasteiger partial charge on any atom is -0.346 e. The summed E-state index contributed by atoms with van der Waals surface area (Å²) in [6.45, 7) is 0.0603. The van der Waals surface area contributed by atoms with E-state index in [4.69, 9.17) is 5.53 Å². The van der Waals surface area contributed by atoms with Crippen molar-refractivity contribution in [2.24, 2.45) is 5.11 Å². The Balaban J connectivity index is 2.71. The van der Waals surface area contributed by atoms with Gasteiger partial charge >= 0.3 is 0 Å². The van der Waals surface area contributed by atoms with Crippen LogP contribution in [0.1, 0.15) is 0 Å². The van der Waals surface area contributed by atoms with Gasteiger partial charge in [0.25, 0.3) is 5.91 Å². The highest BCUT2D eigenvalue weighted by Gasteiger charge is 2.21. The minimum atomic E-state index is -0.822. The Labute approximate surface area is 61.5 Å². The third-order valence-electron chi connectivity index (χ3n) is 1.30. The standard InChI is InChI=1S/C5H5FN4O/c6-4-3(2-9-10-7)1-8-5(4)11/h1-2H2,(H,8,11). The number of carbonyl (C=O) groups is 1. The lowest BCUT2D eigenvalue weighted by molar-refractivity contribution is -0.117. The van der Waals surface area contributed by atoms with E-state index in [2.05, 4.69) is 15.3 Å². The van der Waals surface area contributed by atoms with Crippen molar-refractivity contribution in [3.05, 3.63) is 21.8 Å². The van der Waals surface area contributed by atoms with Gasteiger partial charge in [0.2, 0.25) is 0 Å². The molecule has 5 nitrogen and oxygen atoms in total. The smallest absolute Gasteiger partial charge is 0.280 e. The molecular weight excluding hydrogens is 151 g/mol. The van der Waals surface area contributed by atoms with Crippen molar-refractivity contribution in [3.8, 4) is 0 Å². The van der Waals surface area contributed by atoms with Crippen LogP contribution in [-0.4, -0.2) is 19.0 Å². The predicted octanol–water partition coefficient (Wildman–Crippen LogP) is 0.650. The van der Waals surface area contributed by atoms with Gasteiger partial charge in [-0.15, -0.1) is 0 Å². The van der Waals surface area contributed by atoms with Crippen LogP contribution in [-0.2, 0) is 4.79 Å². The first-order valence-electron chi connectivity index (χ1n) is 2.92. The third-order valence-corrected chi connectivity index (χ3v) is 1.30. The van der Waals surface area contributed by atoms with Crippen LogP contribution in [0.4, 0.5) is 4.39 Å². The van der Waals surface area contributed by atoms with Crippen molar-refractivity contribution in [1.82, 2.24) is 5.32 Å². The molecule has 0 radical (unpaired) electrons. The Morgan fingerprint density at radius 2 is 2.55 bits per heavy atom. The summed E-state index contributed by atoms with van der Waals surface area (Å²) in [6, 6.07) is 0. The molecule has 0 saturated carbocycles. The van der Waals surface area contributed by atoms with Gasteiger partial charge in [0, 0.05) is 11.5 Å². The summed E-state index contributed by atoms with van der Waals surface area (Å²) in [6.07, 6.45) is 0. The van der Waals surface area contributed by atoms with Crippen molar-refractivity contribution in [3.63, 3.8) is 0 Å². The fourth-order valence-corrected chi connectivity index (χ4v) is 0.745. The Kier molecular flexibility index (Phi) is 2.08. The van der Waals surface area contributed by atoms with Crippen molar-refractivity contribution in [1.29, 1.82) is 0 Å². The van der Waals surface area contributed by atoms with Crippen LogP contribution in [0.15, 0.2) is 16.5 Å². The molecule has 0 atom stereocenters. The topological polar surface area (TPSA) is 77.9 Å². The Morgan fingerprint density at radius 1 is 1.82 bits per heavy atom. The summed E-state index contributed by atoms with van der Waals surface area (Å²) < 4.78 is 12.6. The van der Waals surface area contributed by atoms with Crippen molar-refractivity contribution < 1.29 is 9.18 Å². The Bertz CT molecular complexity index is 266. The molecule has 1 aliphatic heterocycles. The highest BCUT2D eigenvalue weighted by atomic mass is 19.1. The van der Waals surface area contributed by atoms with E-state index in [-0.39, 0.29) is 18.7 Å². The average molecular weight is 156 g/mol. The zero-order valence-electron chi connectivity index (χ0n) is 5.54. The first-order valence-corrected chi connectivity index (χ1v) is 2.92. The number of nitrogens with zero attached hydrogens (tertiary/aromatic N) is 3. The Morgan fingerprint density at radius 3 is 3.00 bits per heavy atom. The molecule has 0 spiro atoms. The number of hydrogen-bond acceptors (Lipinski definition) is 2. The van der Waals surface area contributed by atoms with Gasteiger partial charge in [0.05, 0.1) is 6.54 Å². The van der Waals surface area contributed by atoms with E-state index in [1.165, 1.54) is 0 Å². The number of amides is 1. The van der Waals surface area contributed by atoms with Crippen LogP contribution in [0, 0.1) is 0 Å². The lowest BCUT2D eigenvalue weighted by Crippen LogP contribution is -2.16. The average Bonchev–Trinajstić information content (AvgIpc) is 2.31. The Hall–Kier alpha value is -1.55. The van der Waals surface area contributed by atoms with Crippen LogP contribution < -0.4 is 5.32 Å². The molecule has 1 rings (SSSR count). The van der Waals surface area contributed by atoms with Crippen molar-refractivity contribution in [2.75, 3.05) is 13.1 Å². The van der Waals surface area contributed by atoms with Crippen LogP contribution in [0.25, 0.3) is 10.4 Å². The third kappa shape index (κ3) is 1.47.